The molecule has 3 N–H and O–H groups in total. The highest BCUT2D eigenvalue weighted by atomic mass is 32.2. The molecule has 0 fully saturated rings. The molecule has 0 aliphatic carbocycles. The summed E-state index contributed by atoms with van der Waals surface area (Å²) in [5.41, 5.74) is 2.33. The molecule has 1 aliphatic heterocycles. The van der Waals surface area contributed by atoms with Gasteiger partial charge in [-0.05, 0) is 24.6 Å². The second-order valence-electron chi connectivity index (χ2n) is 5.91. The van der Waals surface area contributed by atoms with E-state index in [0.717, 1.165) is 11.3 Å². The van der Waals surface area contributed by atoms with Crippen molar-refractivity contribution in [2.24, 2.45) is 10.7 Å². The number of fused-ring (bicyclic) bond motifs is 2. The minimum atomic E-state index is -6.09. The first-order chi connectivity index (χ1) is 13.8. The number of nitrogens with zero attached hydrogens (tertiary/aromatic N) is 1. The maximum absolute atomic E-state index is 11.8. The number of primary amides is 1. The Hall–Kier alpha value is -3.34. The number of aryl methyl sites for hydroxylation is 1. The molecule has 0 spiro atoms. The van der Waals surface area contributed by atoms with Crippen molar-refractivity contribution in [3.63, 3.8) is 0 Å². The van der Waals surface area contributed by atoms with Crippen LogP contribution in [-0.2, 0) is 21.3 Å². The summed E-state index contributed by atoms with van der Waals surface area (Å²) in [5.74, 6) is -1.52. The van der Waals surface area contributed by atoms with E-state index >= 15 is 0 Å². The van der Waals surface area contributed by atoms with Gasteiger partial charge >= 0.3 is 11.5 Å². The number of rotatable bonds is 4. The van der Waals surface area contributed by atoms with Crippen LogP contribution in [0.3, 0.4) is 0 Å². The Labute approximate surface area is 167 Å². The van der Waals surface area contributed by atoms with Gasteiger partial charge in [-0.3, -0.25) is 9.59 Å². The first-order valence-electron chi connectivity index (χ1n) is 8.08. The molecule has 0 saturated carbocycles. The number of alkyl halides is 3. The predicted octanol–water partition coefficient (Wildman–Crippen LogP) is 0.825. The van der Waals surface area contributed by atoms with Crippen LogP contribution >= 0.6 is 0 Å². The molecule has 0 bridgehead atoms. The van der Waals surface area contributed by atoms with Gasteiger partial charge in [0, 0.05) is 29.8 Å². The molecule has 3 rings (SSSR count). The number of hydrogen-bond donors (Lipinski definition) is 2. The normalized spacial score (nSPS) is 12.0. The molecule has 1 amide bonds. The third-order valence-electron chi connectivity index (χ3n) is 3.81. The smallest absolute Gasteiger partial charge is 0.485 e. The number of amides is 1. The second kappa shape index (κ2) is 8.57. The zero-order valence-corrected chi connectivity index (χ0v) is 15.7. The Morgan fingerprint density at radius 3 is 2.30 bits per heavy atom. The monoisotopic (exact) mass is 442 g/mol. The highest BCUT2D eigenvalue weighted by Crippen LogP contribution is 2.21. The van der Waals surface area contributed by atoms with Gasteiger partial charge in [0.2, 0.25) is 0 Å². The summed E-state index contributed by atoms with van der Waals surface area (Å²) in [4.78, 5) is 27.1. The van der Waals surface area contributed by atoms with Crippen LogP contribution in [0.25, 0.3) is 6.08 Å². The molecule has 30 heavy (non-hydrogen) atoms. The molecule has 158 valence electrons. The molecular weight excluding hydrogens is 429 g/mol. The molecule has 12 heteroatoms. The lowest BCUT2D eigenvalue weighted by Gasteiger charge is -2.08. The molecular formula is C18H13F3N2O6S. The van der Waals surface area contributed by atoms with Crippen LogP contribution in [0.5, 0.6) is 0 Å². The summed E-state index contributed by atoms with van der Waals surface area (Å²) >= 11 is 0. The number of carboxylic acids is 1. The Morgan fingerprint density at radius 1 is 1.17 bits per heavy atom. The maximum Gasteiger partial charge on any atom is 0.485 e. The molecule has 0 radical (unpaired) electrons. The molecule has 8 nitrogen and oxygen atoms in total. The van der Waals surface area contributed by atoms with Crippen LogP contribution in [0, 0.1) is 0 Å². The second-order valence-corrected chi connectivity index (χ2v) is 7.28. The van der Waals surface area contributed by atoms with Crippen molar-refractivity contribution in [1.29, 1.82) is 0 Å². The number of para-hydroxylation sites is 1. The van der Waals surface area contributed by atoms with Gasteiger partial charge < -0.3 is 15.4 Å². The molecule has 1 heterocycles. The van der Waals surface area contributed by atoms with Crippen LogP contribution < -0.4 is 16.3 Å². The Morgan fingerprint density at radius 2 is 1.77 bits per heavy atom. The van der Waals surface area contributed by atoms with Crippen LogP contribution in [0.4, 0.5) is 18.9 Å². The Kier molecular flexibility index (Phi) is 6.56. The highest BCUT2D eigenvalue weighted by molar-refractivity contribution is 7.86. The van der Waals surface area contributed by atoms with Crippen LogP contribution in [0.15, 0.2) is 41.4 Å². The van der Waals surface area contributed by atoms with Gasteiger partial charge in [0.25, 0.3) is 5.91 Å². The van der Waals surface area contributed by atoms with Gasteiger partial charge in [-0.1, -0.05) is 0 Å². The van der Waals surface area contributed by atoms with Crippen LogP contribution in [0.1, 0.15) is 27.9 Å². The minimum absolute atomic E-state index is 0.0627. The molecule has 1 aliphatic rings. The largest absolute Gasteiger partial charge is 0.741 e. The summed E-state index contributed by atoms with van der Waals surface area (Å²) in [6.45, 7) is 0. The van der Waals surface area contributed by atoms with Gasteiger partial charge in [0.15, 0.2) is 26.4 Å². The first kappa shape index (κ1) is 22.9. The predicted molar refractivity (Wildman–Crippen MR) is 96.1 cm³/mol. The maximum atomic E-state index is 11.8. The summed E-state index contributed by atoms with van der Waals surface area (Å²) in [6.07, 6.45) is 3.35. The first-order valence-corrected chi connectivity index (χ1v) is 9.49. The van der Waals surface area contributed by atoms with E-state index in [4.69, 9.17) is 23.8 Å². The minimum Gasteiger partial charge on any atom is -0.741 e. The molecule has 2 aromatic rings. The average Bonchev–Trinajstić information content (AvgIpc) is 2.62. The average molecular weight is 442 g/mol. The van der Waals surface area contributed by atoms with Crippen molar-refractivity contribution in [2.45, 2.75) is 18.3 Å². The number of nitrogens with two attached hydrogens (primary N) is 1. The lowest BCUT2D eigenvalue weighted by atomic mass is 9.97. The number of carbonyl (C=O) groups is 2. The lowest BCUT2D eigenvalue weighted by Crippen LogP contribution is -2.36. The van der Waals surface area contributed by atoms with Crippen molar-refractivity contribution in [1.82, 2.24) is 0 Å². The van der Waals surface area contributed by atoms with Crippen LogP contribution in [-0.4, -0.2) is 35.5 Å². The summed E-state index contributed by atoms with van der Waals surface area (Å²) in [7, 11) is -6.09. The van der Waals surface area contributed by atoms with E-state index in [1.807, 2.05) is 24.3 Å². The number of carboxylic acid groups (broad SMARTS) is 1. The van der Waals surface area contributed by atoms with Crippen molar-refractivity contribution < 1.29 is 40.8 Å². The van der Waals surface area contributed by atoms with Gasteiger partial charge in [-0.2, -0.15) is 18.2 Å². The Bertz CT molecular complexity index is 1220. The van der Waals surface area contributed by atoms with E-state index in [9.17, 15) is 22.8 Å². The summed E-state index contributed by atoms with van der Waals surface area (Å²) in [5, 5.41) is 9.98. The van der Waals surface area contributed by atoms with E-state index in [0.29, 0.717) is 21.7 Å². The van der Waals surface area contributed by atoms with E-state index < -0.39 is 27.5 Å². The van der Waals surface area contributed by atoms with Crippen molar-refractivity contribution in [3.05, 3.63) is 63.7 Å². The summed E-state index contributed by atoms with van der Waals surface area (Å²) < 4.78 is 58.9. The van der Waals surface area contributed by atoms with Crippen LogP contribution in [0.2, 0.25) is 0 Å². The zero-order chi connectivity index (χ0) is 22.7. The van der Waals surface area contributed by atoms with Gasteiger partial charge in [-0.25, -0.2) is 8.42 Å². The zero-order valence-electron chi connectivity index (χ0n) is 14.9. The molecule has 0 saturated heterocycles. The standard InChI is InChI=1S/C17H12N2O3.CHF3O3S/c18-17(22)16-10(6-8-15(20)21)5-7-14-12(16)9-11-3-1-2-4-13(11)19-14;2-1(3,4)8(5,6)7/h1-5,7H,6,8H2,(H2-,18,20,21,22);(H,5,6,7). The number of benzene rings is 2. The van der Waals surface area contributed by atoms with E-state index in [1.165, 1.54) is 0 Å². The van der Waals surface area contributed by atoms with Gasteiger partial charge in [0.1, 0.15) is 11.1 Å². The van der Waals surface area contributed by atoms with E-state index in [2.05, 4.69) is 11.1 Å². The van der Waals surface area contributed by atoms with Gasteiger partial charge in [-0.15, -0.1) is 0 Å². The molecule has 0 atom stereocenters. The van der Waals surface area contributed by atoms with E-state index in [-0.39, 0.29) is 12.8 Å². The lowest BCUT2D eigenvalue weighted by molar-refractivity contribution is -0.136. The fourth-order valence-electron chi connectivity index (χ4n) is 2.53. The molecule has 2 aromatic carbocycles. The Balaban J connectivity index is 0.000000343. The number of halogens is 3. The highest BCUT2D eigenvalue weighted by Gasteiger charge is 2.36. The van der Waals surface area contributed by atoms with E-state index in [1.54, 1.807) is 12.1 Å². The number of hydrogen-bond acceptors (Lipinski definition) is 6. The SMILES string of the molecule is NC(=O)c1c(CCC(=O)O)ccc2c1=[C+]c1ccccc1N=2.O=S(=O)([O-])C(F)(F)F. The van der Waals surface area contributed by atoms with Crippen molar-refractivity contribution in [2.75, 3.05) is 0 Å². The fourth-order valence-corrected chi connectivity index (χ4v) is 2.53. The molecule has 0 aromatic heterocycles. The topological polar surface area (TPSA) is 150 Å². The molecule has 0 unspecified atom stereocenters. The number of aliphatic carboxylic acids is 1. The summed E-state index contributed by atoms with van der Waals surface area (Å²) in [6, 6.07) is 10.9. The quantitative estimate of drug-likeness (QED) is 0.347. The van der Waals surface area contributed by atoms with Crippen molar-refractivity contribution >= 4 is 33.8 Å². The third kappa shape index (κ3) is 5.38. The van der Waals surface area contributed by atoms with Gasteiger partial charge in [0.05, 0.1) is 6.42 Å². The van der Waals surface area contributed by atoms with Crippen molar-refractivity contribution in [3.8, 4) is 0 Å². The third-order valence-corrected chi connectivity index (χ3v) is 4.38. The fraction of sp³-hybridized carbons (Fsp3) is 0.167. The number of carbonyl (C=O) groups excluding carboxylic acids is 1.